The monoisotopic (exact) mass is 170 g/mol. The van der Waals surface area contributed by atoms with Gasteiger partial charge < -0.3 is 4.74 Å². The van der Waals surface area contributed by atoms with Crippen LogP contribution >= 0.6 is 11.6 Å². The third kappa shape index (κ3) is 2.12. The molecule has 1 aromatic rings. The molecule has 2 heteroatoms. The lowest BCUT2D eigenvalue weighted by Gasteiger charge is -2.04. The molecule has 0 spiro atoms. The van der Waals surface area contributed by atoms with Crippen LogP contribution in [0.4, 0.5) is 0 Å². The first kappa shape index (κ1) is 8.41. The lowest BCUT2D eigenvalue weighted by atomic mass is 10.1. The van der Waals surface area contributed by atoms with Gasteiger partial charge in [-0.2, -0.15) is 0 Å². The molecule has 0 aromatic heterocycles. The van der Waals surface area contributed by atoms with Gasteiger partial charge in [-0.3, -0.25) is 0 Å². The molecule has 1 rings (SSSR count). The molecule has 0 saturated heterocycles. The molecular formula is C9H11ClO. The number of benzene rings is 1. The molecule has 1 nitrogen and oxygen atoms in total. The summed E-state index contributed by atoms with van der Waals surface area (Å²) in [6.45, 7) is 1.94. The van der Waals surface area contributed by atoms with E-state index in [-0.39, 0.29) is 5.38 Å². The zero-order chi connectivity index (χ0) is 8.27. The van der Waals surface area contributed by atoms with E-state index in [1.807, 2.05) is 31.2 Å². The van der Waals surface area contributed by atoms with Crippen LogP contribution in [-0.2, 0) is 0 Å². The molecule has 1 atom stereocenters. The van der Waals surface area contributed by atoms with Crippen molar-refractivity contribution >= 4 is 11.6 Å². The summed E-state index contributed by atoms with van der Waals surface area (Å²) in [5.74, 6) is 0.856. The highest BCUT2D eigenvalue weighted by Gasteiger charge is 2.00. The maximum absolute atomic E-state index is 5.88. The molecule has 0 bridgehead atoms. The molecule has 0 radical (unpaired) electrons. The Hall–Kier alpha value is -0.690. The van der Waals surface area contributed by atoms with Crippen LogP contribution in [0.3, 0.4) is 0 Å². The summed E-state index contributed by atoms with van der Waals surface area (Å²) in [6.07, 6.45) is 0. The molecule has 0 fully saturated rings. The molecule has 1 aromatic carbocycles. The van der Waals surface area contributed by atoms with Crippen LogP contribution in [0.5, 0.6) is 5.75 Å². The van der Waals surface area contributed by atoms with E-state index >= 15 is 0 Å². The van der Waals surface area contributed by atoms with Crippen molar-refractivity contribution in [2.75, 3.05) is 7.11 Å². The van der Waals surface area contributed by atoms with E-state index in [0.29, 0.717) is 0 Å². The van der Waals surface area contributed by atoms with Crippen molar-refractivity contribution in [3.8, 4) is 5.75 Å². The summed E-state index contributed by atoms with van der Waals surface area (Å²) >= 11 is 5.88. The van der Waals surface area contributed by atoms with Crippen molar-refractivity contribution in [3.63, 3.8) is 0 Å². The van der Waals surface area contributed by atoms with Gasteiger partial charge >= 0.3 is 0 Å². The summed E-state index contributed by atoms with van der Waals surface area (Å²) in [5.41, 5.74) is 1.09. The zero-order valence-corrected chi connectivity index (χ0v) is 7.43. The summed E-state index contributed by atoms with van der Waals surface area (Å²) in [7, 11) is 1.65. The summed E-state index contributed by atoms with van der Waals surface area (Å²) in [5, 5.41) is 0.0464. The standard InChI is InChI=1S/C9H11ClO/c1-7(10)8-4-3-5-9(6-8)11-2/h3-7H,1-2H3/t7-/m0/s1. The average Bonchev–Trinajstić information content (AvgIpc) is 2.05. The van der Waals surface area contributed by atoms with Gasteiger partial charge in [-0.05, 0) is 24.6 Å². The first-order valence-corrected chi connectivity index (χ1v) is 3.95. The quantitative estimate of drug-likeness (QED) is 0.620. The molecule has 0 saturated carbocycles. The van der Waals surface area contributed by atoms with Gasteiger partial charge in [0.25, 0.3) is 0 Å². The Morgan fingerprint density at radius 2 is 2.18 bits per heavy atom. The minimum absolute atomic E-state index is 0.0464. The van der Waals surface area contributed by atoms with Crippen LogP contribution in [0, 0.1) is 0 Å². The number of ether oxygens (including phenoxy) is 1. The highest BCUT2D eigenvalue weighted by atomic mass is 35.5. The first-order chi connectivity index (χ1) is 5.24. The predicted octanol–water partition coefficient (Wildman–Crippen LogP) is 3.00. The summed E-state index contributed by atoms with van der Waals surface area (Å²) < 4.78 is 5.05. The molecule has 0 aliphatic carbocycles. The second-order valence-corrected chi connectivity index (χ2v) is 3.05. The fourth-order valence-corrected chi connectivity index (χ4v) is 1.02. The van der Waals surface area contributed by atoms with Gasteiger partial charge in [0.2, 0.25) is 0 Å². The Labute approximate surface area is 71.9 Å². The van der Waals surface area contributed by atoms with E-state index in [9.17, 15) is 0 Å². The molecule has 0 unspecified atom stereocenters. The zero-order valence-electron chi connectivity index (χ0n) is 6.67. The average molecular weight is 171 g/mol. The topological polar surface area (TPSA) is 9.23 Å². The van der Waals surface area contributed by atoms with Crippen LogP contribution < -0.4 is 4.74 Å². The Balaban J connectivity index is 2.91. The lowest BCUT2D eigenvalue weighted by Crippen LogP contribution is -1.86. The van der Waals surface area contributed by atoms with E-state index < -0.39 is 0 Å². The molecule has 11 heavy (non-hydrogen) atoms. The fourth-order valence-electron chi connectivity index (χ4n) is 0.889. The molecule has 0 N–H and O–H groups in total. The number of alkyl halides is 1. The van der Waals surface area contributed by atoms with Gasteiger partial charge in [0.05, 0.1) is 12.5 Å². The minimum atomic E-state index is 0.0464. The van der Waals surface area contributed by atoms with Crippen molar-refractivity contribution in [1.82, 2.24) is 0 Å². The third-order valence-corrected chi connectivity index (χ3v) is 1.81. The molecule has 0 aliphatic heterocycles. The number of hydrogen-bond donors (Lipinski definition) is 0. The Morgan fingerprint density at radius 1 is 1.45 bits per heavy atom. The molecular weight excluding hydrogens is 160 g/mol. The van der Waals surface area contributed by atoms with Crippen molar-refractivity contribution in [2.45, 2.75) is 12.3 Å². The SMILES string of the molecule is COc1cccc([C@H](C)Cl)c1. The van der Waals surface area contributed by atoms with Crippen molar-refractivity contribution in [3.05, 3.63) is 29.8 Å². The van der Waals surface area contributed by atoms with E-state index in [4.69, 9.17) is 16.3 Å². The smallest absolute Gasteiger partial charge is 0.119 e. The van der Waals surface area contributed by atoms with Crippen LogP contribution in [0.2, 0.25) is 0 Å². The molecule has 60 valence electrons. The maximum Gasteiger partial charge on any atom is 0.119 e. The summed E-state index contributed by atoms with van der Waals surface area (Å²) in [4.78, 5) is 0. The Bertz CT molecular complexity index is 233. The van der Waals surface area contributed by atoms with Gasteiger partial charge in [0.15, 0.2) is 0 Å². The van der Waals surface area contributed by atoms with E-state index in [0.717, 1.165) is 11.3 Å². The van der Waals surface area contributed by atoms with E-state index in [1.54, 1.807) is 7.11 Å². The largest absolute Gasteiger partial charge is 0.497 e. The normalized spacial score (nSPS) is 12.6. The van der Waals surface area contributed by atoms with Gasteiger partial charge in [-0.1, -0.05) is 12.1 Å². The molecule has 0 amide bonds. The molecule has 0 heterocycles. The van der Waals surface area contributed by atoms with Gasteiger partial charge in [0.1, 0.15) is 5.75 Å². The summed E-state index contributed by atoms with van der Waals surface area (Å²) in [6, 6.07) is 7.77. The van der Waals surface area contributed by atoms with E-state index in [2.05, 4.69) is 0 Å². The number of halogens is 1. The van der Waals surface area contributed by atoms with Crippen LogP contribution in [-0.4, -0.2) is 7.11 Å². The minimum Gasteiger partial charge on any atom is -0.497 e. The van der Waals surface area contributed by atoms with Crippen molar-refractivity contribution in [1.29, 1.82) is 0 Å². The van der Waals surface area contributed by atoms with Crippen LogP contribution in [0.25, 0.3) is 0 Å². The highest BCUT2D eigenvalue weighted by molar-refractivity contribution is 6.20. The van der Waals surface area contributed by atoms with Crippen LogP contribution in [0.15, 0.2) is 24.3 Å². The number of rotatable bonds is 2. The maximum atomic E-state index is 5.88. The highest BCUT2D eigenvalue weighted by Crippen LogP contribution is 2.22. The van der Waals surface area contributed by atoms with Gasteiger partial charge in [-0.15, -0.1) is 11.6 Å². The number of hydrogen-bond acceptors (Lipinski definition) is 1. The fraction of sp³-hybridized carbons (Fsp3) is 0.333. The van der Waals surface area contributed by atoms with Crippen LogP contribution in [0.1, 0.15) is 17.9 Å². The second-order valence-electron chi connectivity index (χ2n) is 2.39. The Kier molecular flexibility index (Phi) is 2.77. The first-order valence-electron chi connectivity index (χ1n) is 3.52. The number of methoxy groups -OCH3 is 1. The van der Waals surface area contributed by atoms with E-state index in [1.165, 1.54) is 0 Å². The predicted molar refractivity (Wildman–Crippen MR) is 47.3 cm³/mol. The molecule has 0 aliphatic rings. The lowest BCUT2D eigenvalue weighted by molar-refractivity contribution is 0.414. The van der Waals surface area contributed by atoms with Crippen molar-refractivity contribution < 1.29 is 4.74 Å². The van der Waals surface area contributed by atoms with Gasteiger partial charge in [-0.25, -0.2) is 0 Å². The Morgan fingerprint density at radius 3 is 2.73 bits per heavy atom. The van der Waals surface area contributed by atoms with Gasteiger partial charge in [0, 0.05) is 0 Å². The van der Waals surface area contributed by atoms with Crippen molar-refractivity contribution in [2.24, 2.45) is 0 Å². The second kappa shape index (κ2) is 3.63. The third-order valence-electron chi connectivity index (χ3n) is 1.55.